The molecule has 0 bridgehead atoms. The van der Waals surface area contributed by atoms with Gasteiger partial charge < -0.3 is 14.0 Å². The summed E-state index contributed by atoms with van der Waals surface area (Å²) >= 11 is 7.84. The third-order valence-electron chi connectivity index (χ3n) is 4.51. The van der Waals surface area contributed by atoms with E-state index in [2.05, 4.69) is 27.8 Å². The molecule has 7 heteroatoms. The number of aryl methyl sites for hydroxylation is 1. The third-order valence-corrected chi connectivity index (χ3v) is 5.73. The van der Waals surface area contributed by atoms with Gasteiger partial charge in [-0.2, -0.15) is 0 Å². The lowest BCUT2D eigenvalue weighted by Gasteiger charge is -2.11. The van der Waals surface area contributed by atoms with Crippen LogP contribution in [-0.4, -0.2) is 27.1 Å². The summed E-state index contributed by atoms with van der Waals surface area (Å²) in [5, 5.41) is 10.3. The first-order valence-electron chi connectivity index (χ1n) is 9.34. The standard InChI is InChI=1S/C21H22ClN3O2S/c1-15-6-2-4-8-18(15)26-12-13-28-21-24-23-20(25(21)16-10-11-16)14-27-19-9-5-3-7-17(19)22/h2-9,16H,10-14H2,1H3. The number of rotatable bonds is 9. The maximum absolute atomic E-state index is 6.17. The lowest BCUT2D eigenvalue weighted by atomic mass is 10.2. The van der Waals surface area contributed by atoms with Gasteiger partial charge in [0, 0.05) is 11.8 Å². The fraction of sp³-hybridized carbons (Fsp3) is 0.333. The zero-order valence-corrected chi connectivity index (χ0v) is 17.2. The summed E-state index contributed by atoms with van der Waals surface area (Å²) in [6.45, 7) is 3.03. The van der Waals surface area contributed by atoms with Crippen molar-refractivity contribution in [2.75, 3.05) is 12.4 Å². The summed E-state index contributed by atoms with van der Waals surface area (Å²) in [4.78, 5) is 0. The molecule has 4 rings (SSSR count). The molecule has 5 nitrogen and oxygen atoms in total. The van der Waals surface area contributed by atoms with Gasteiger partial charge in [0.05, 0.1) is 11.6 Å². The quantitative estimate of drug-likeness (QED) is 0.349. The van der Waals surface area contributed by atoms with Crippen molar-refractivity contribution in [1.29, 1.82) is 0 Å². The van der Waals surface area contributed by atoms with E-state index in [1.807, 2.05) is 42.5 Å². The lowest BCUT2D eigenvalue weighted by Crippen LogP contribution is -2.08. The van der Waals surface area contributed by atoms with Crippen molar-refractivity contribution >= 4 is 23.4 Å². The van der Waals surface area contributed by atoms with Crippen molar-refractivity contribution < 1.29 is 9.47 Å². The molecule has 0 radical (unpaired) electrons. The van der Waals surface area contributed by atoms with E-state index in [9.17, 15) is 0 Å². The fourth-order valence-corrected chi connectivity index (χ4v) is 3.94. The number of hydrogen-bond donors (Lipinski definition) is 0. The van der Waals surface area contributed by atoms with Crippen LogP contribution < -0.4 is 9.47 Å². The van der Waals surface area contributed by atoms with Crippen LogP contribution in [0.2, 0.25) is 5.02 Å². The average molecular weight is 416 g/mol. The van der Waals surface area contributed by atoms with E-state index in [4.69, 9.17) is 21.1 Å². The van der Waals surface area contributed by atoms with Crippen LogP contribution in [0.15, 0.2) is 53.7 Å². The average Bonchev–Trinajstić information content (AvgIpc) is 3.46. The van der Waals surface area contributed by atoms with E-state index in [0.717, 1.165) is 40.9 Å². The Morgan fingerprint density at radius 2 is 1.79 bits per heavy atom. The minimum atomic E-state index is 0.355. The summed E-state index contributed by atoms with van der Waals surface area (Å²) in [7, 11) is 0. The van der Waals surface area contributed by atoms with Crippen LogP contribution in [0.1, 0.15) is 30.3 Å². The van der Waals surface area contributed by atoms with E-state index in [-0.39, 0.29) is 0 Å². The Morgan fingerprint density at radius 3 is 2.54 bits per heavy atom. The zero-order valence-electron chi connectivity index (χ0n) is 15.7. The highest BCUT2D eigenvalue weighted by atomic mass is 35.5. The number of nitrogens with zero attached hydrogens (tertiary/aromatic N) is 3. The molecule has 0 saturated heterocycles. The summed E-state index contributed by atoms with van der Waals surface area (Å²) in [5.74, 6) is 3.24. The molecule has 1 fully saturated rings. The van der Waals surface area contributed by atoms with Crippen molar-refractivity contribution in [3.8, 4) is 11.5 Å². The van der Waals surface area contributed by atoms with Gasteiger partial charge in [-0.05, 0) is 43.5 Å². The van der Waals surface area contributed by atoms with Crippen molar-refractivity contribution in [3.63, 3.8) is 0 Å². The monoisotopic (exact) mass is 415 g/mol. The molecule has 0 unspecified atom stereocenters. The first kappa shape index (κ1) is 19.2. The van der Waals surface area contributed by atoms with E-state index in [1.165, 1.54) is 0 Å². The van der Waals surface area contributed by atoms with Crippen molar-refractivity contribution in [2.24, 2.45) is 0 Å². The van der Waals surface area contributed by atoms with Crippen LogP contribution in [0.4, 0.5) is 0 Å². The van der Waals surface area contributed by atoms with Gasteiger partial charge in [-0.1, -0.05) is 53.7 Å². The molecule has 0 amide bonds. The number of aromatic nitrogens is 3. The van der Waals surface area contributed by atoms with Crippen LogP contribution in [0.25, 0.3) is 0 Å². The predicted molar refractivity (Wildman–Crippen MR) is 111 cm³/mol. The maximum Gasteiger partial charge on any atom is 0.191 e. The Labute approximate surface area is 174 Å². The highest BCUT2D eigenvalue weighted by Crippen LogP contribution is 2.39. The highest BCUT2D eigenvalue weighted by molar-refractivity contribution is 7.99. The lowest BCUT2D eigenvalue weighted by molar-refractivity contribution is 0.288. The van der Waals surface area contributed by atoms with Crippen LogP contribution >= 0.6 is 23.4 Å². The molecule has 1 heterocycles. The van der Waals surface area contributed by atoms with Gasteiger partial charge >= 0.3 is 0 Å². The molecule has 1 aromatic heterocycles. The van der Waals surface area contributed by atoms with Crippen molar-refractivity contribution in [1.82, 2.24) is 14.8 Å². The topological polar surface area (TPSA) is 49.2 Å². The van der Waals surface area contributed by atoms with Crippen LogP contribution in [0.5, 0.6) is 11.5 Å². The Kier molecular flexibility index (Phi) is 6.07. The summed E-state index contributed by atoms with van der Waals surface area (Å²) in [6.07, 6.45) is 2.31. The third kappa shape index (κ3) is 4.62. The number of benzene rings is 2. The first-order valence-corrected chi connectivity index (χ1v) is 10.7. The molecule has 0 spiro atoms. The van der Waals surface area contributed by atoms with E-state index >= 15 is 0 Å². The maximum atomic E-state index is 6.17. The highest BCUT2D eigenvalue weighted by Gasteiger charge is 2.29. The smallest absolute Gasteiger partial charge is 0.191 e. The van der Waals surface area contributed by atoms with E-state index < -0.39 is 0 Å². The van der Waals surface area contributed by atoms with Crippen LogP contribution in [0, 0.1) is 6.92 Å². The second kappa shape index (κ2) is 8.88. The largest absolute Gasteiger partial charge is 0.492 e. The SMILES string of the molecule is Cc1ccccc1OCCSc1nnc(COc2ccccc2Cl)n1C1CC1. The number of thioether (sulfide) groups is 1. The molecule has 1 aliphatic carbocycles. The second-order valence-corrected chi connectivity index (χ2v) is 8.15. The van der Waals surface area contributed by atoms with Gasteiger partial charge in [-0.15, -0.1) is 10.2 Å². The summed E-state index contributed by atoms with van der Waals surface area (Å²) in [5.41, 5.74) is 1.15. The molecular weight excluding hydrogens is 394 g/mol. The molecule has 0 aliphatic heterocycles. The zero-order chi connectivity index (χ0) is 19.3. The first-order chi connectivity index (χ1) is 13.7. The number of hydrogen-bond acceptors (Lipinski definition) is 5. The molecule has 2 aromatic carbocycles. The Hall–Kier alpha value is -2.18. The fourth-order valence-electron chi connectivity index (χ4n) is 2.91. The van der Waals surface area contributed by atoms with Crippen LogP contribution in [0.3, 0.4) is 0 Å². The Bertz CT molecular complexity index is 943. The molecule has 0 N–H and O–H groups in total. The predicted octanol–water partition coefficient (Wildman–Crippen LogP) is 5.32. The summed E-state index contributed by atoms with van der Waals surface area (Å²) in [6, 6.07) is 16.0. The van der Waals surface area contributed by atoms with Gasteiger partial charge in [0.1, 0.15) is 18.1 Å². The minimum Gasteiger partial charge on any atom is -0.492 e. The number of halogens is 1. The Balaban J connectivity index is 1.35. The van der Waals surface area contributed by atoms with E-state index in [1.54, 1.807) is 11.8 Å². The molecule has 146 valence electrons. The second-order valence-electron chi connectivity index (χ2n) is 6.68. The van der Waals surface area contributed by atoms with Gasteiger partial charge in [0.25, 0.3) is 0 Å². The normalized spacial score (nSPS) is 13.5. The molecule has 1 aliphatic rings. The molecule has 1 saturated carbocycles. The van der Waals surface area contributed by atoms with Gasteiger partial charge in [-0.25, -0.2) is 0 Å². The molecule has 28 heavy (non-hydrogen) atoms. The van der Waals surface area contributed by atoms with Crippen molar-refractivity contribution in [2.45, 2.75) is 37.6 Å². The molecular formula is C21H22ClN3O2S. The molecule has 0 atom stereocenters. The van der Waals surface area contributed by atoms with Crippen molar-refractivity contribution in [3.05, 3.63) is 64.9 Å². The Morgan fingerprint density at radius 1 is 1.04 bits per heavy atom. The van der Waals surface area contributed by atoms with Crippen LogP contribution in [-0.2, 0) is 6.61 Å². The van der Waals surface area contributed by atoms with E-state index in [0.29, 0.717) is 30.0 Å². The summed E-state index contributed by atoms with van der Waals surface area (Å²) < 4.78 is 13.9. The van der Waals surface area contributed by atoms with Gasteiger partial charge in [0.15, 0.2) is 11.0 Å². The minimum absolute atomic E-state index is 0.355. The number of ether oxygens (including phenoxy) is 2. The van der Waals surface area contributed by atoms with Gasteiger partial charge in [0.2, 0.25) is 0 Å². The molecule has 3 aromatic rings. The van der Waals surface area contributed by atoms with Gasteiger partial charge in [-0.3, -0.25) is 0 Å². The number of para-hydroxylation sites is 2.